The summed E-state index contributed by atoms with van der Waals surface area (Å²) < 4.78 is 1.95. The summed E-state index contributed by atoms with van der Waals surface area (Å²) in [5.41, 5.74) is 1.30. The van der Waals surface area contributed by atoms with Crippen LogP contribution in [0.2, 0.25) is 8.67 Å². The van der Waals surface area contributed by atoms with E-state index in [4.69, 9.17) is 23.2 Å². The number of aromatic nitrogens is 1. The number of carbonyl (C=O) groups excluding carboxylic acids is 1. The van der Waals surface area contributed by atoms with Crippen LogP contribution in [0.3, 0.4) is 0 Å². The number of thiazole rings is 1. The number of thiophene rings is 1. The quantitative estimate of drug-likeness (QED) is 0.613. The molecule has 0 bridgehead atoms. The van der Waals surface area contributed by atoms with Gasteiger partial charge in [-0.25, -0.2) is 4.98 Å². The first kappa shape index (κ1) is 17.6. The second-order valence-electron chi connectivity index (χ2n) is 5.46. The van der Waals surface area contributed by atoms with Gasteiger partial charge in [-0.2, -0.15) is 0 Å². The number of likely N-dealkylation sites (N-methyl/N-ethyl adjacent to an activating group) is 1. The van der Waals surface area contributed by atoms with Crippen LogP contribution in [0.15, 0.2) is 30.3 Å². The fourth-order valence-corrected chi connectivity index (χ4v) is 4.63. The number of amides is 1. The Labute approximate surface area is 158 Å². The number of benzene rings is 1. The number of hydrogen-bond acceptors (Lipinski definition) is 5. The SMILES string of the molecule is CN(C)CCN(C(=O)c1cc(Cl)sc1Cl)c1nc2ccccc2s1. The van der Waals surface area contributed by atoms with E-state index < -0.39 is 0 Å². The van der Waals surface area contributed by atoms with Gasteiger partial charge in [-0.3, -0.25) is 9.69 Å². The number of halogens is 2. The highest BCUT2D eigenvalue weighted by atomic mass is 35.5. The van der Waals surface area contributed by atoms with Gasteiger partial charge >= 0.3 is 0 Å². The van der Waals surface area contributed by atoms with E-state index >= 15 is 0 Å². The van der Waals surface area contributed by atoms with Gasteiger partial charge in [0.1, 0.15) is 4.34 Å². The van der Waals surface area contributed by atoms with Gasteiger partial charge in [0.2, 0.25) is 0 Å². The number of para-hydroxylation sites is 1. The molecule has 3 aromatic rings. The minimum atomic E-state index is -0.177. The van der Waals surface area contributed by atoms with Crippen LogP contribution in [-0.4, -0.2) is 43.0 Å². The summed E-state index contributed by atoms with van der Waals surface area (Å²) in [5.74, 6) is -0.177. The Hall–Kier alpha value is -1.18. The van der Waals surface area contributed by atoms with E-state index in [2.05, 4.69) is 4.98 Å². The molecule has 0 aliphatic rings. The molecule has 2 heterocycles. The third-order valence-corrected chi connectivity index (χ3v) is 5.96. The van der Waals surface area contributed by atoms with Crippen LogP contribution >= 0.6 is 45.9 Å². The van der Waals surface area contributed by atoms with Gasteiger partial charge in [0.05, 0.1) is 20.1 Å². The van der Waals surface area contributed by atoms with Crippen molar-refractivity contribution >= 4 is 67.1 Å². The molecule has 0 saturated heterocycles. The zero-order valence-electron chi connectivity index (χ0n) is 13.1. The molecule has 0 spiro atoms. The van der Waals surface area contributed by atoms with Crippen molar-refractivity contribution in [3.8, 4) is 0 Å². The first-order chi connectivity index (χ1) is 11.5. The van der Waals surface area contributed by atoms with Crippen molar-refractivity contribution in [2.75, 3.05) is 32.1 Å². The largest absolute Gasteiger partial charge is 0.308 e. The summed E-state index contributed by atoms with van der Waals surface area (Å²) in [4.78, 5) is 21.3. The van der Waals surface area contributed by atoms with E-state index in [0.717, 1.165) is 16.8 Å². The summed E-state index contributed by atoms with van der Waals surface area (Å²) in [6, 6.07) is 9.46. The topological polar surface area (TPSA) is 36.4 Å². The van der Waals surface area contributed by atoms with Gasteiger partial charge in [-0.1, -0.05) is 46.7 Å². The maximum Gasteiger partial charge on any atom is 0.262 e. The number of hydrogen-bond donors (Lipinski definition) is 0. The fourth-order valence-electron chi connectivity index (χ4n) is 2.19. The van der Waals surface area contributed by atoms with Crippen LogP contribution in [0.25, 0.3) is 10.2 Å². The molecule has 0 radical (unpaired) electrons. The molecule has 24 heavy (non-hydrogen) atoms. The molecule has 0 aliphatic heterocycles. The predicted octanol–water partition coefficient (Wildman–Crippen LogP) is 4.87. The highest BCUT2D eigenvalue weighted by Crippen LogP contribution is 2.34. The molecule has 2 aromatic heterocycles. The molecule has 0 atom stereocenters. The Morgan fingerprint density at radius 1 is 1.17 bits per heavy atom. The molecule has 0 saturated carbocycles. The molecule has 4 nitrogen and oxygen atoms in total. The molecule has 0 fully saturated rings. The second kappa shape index (κ2) is 7.37. The monoisotopic (exact) mass is 399 g/mol. The van der Waals surface area contributed by atoms with Gasteiger partial charge in [-0.05, 0) is 32.3 Å². The molecular weight excluding hydrogens is 385 g/mol. The number of nitrogens with zero attached hydrogens (tertiary/aromatic N) is 3. The maximum atomic E-state index is 13.0. The number of anilines is 1. The lowest BCUT2D eigenvalue weighted by molar-refractivity contribution is 0.0986. The van der Waals surface area contributed by atoms with Crippen molar-refractivity contribution in [1.29, 1.82) is 0 Å². The summed E-state index contributed by atoms with van der Waals surface area (Å²) in [6.45, 7) is 1.24. The Bertz CT molecular complexity index is 842. The van der Waals surface area contributed by atoms with Crippen molar-refractivity contribution < 1.29 is 4.79 Å². The molecule has 0 aliphatic carbocycles. The zero-order valence-corrected chi connectivity index (χ0v) is 16.3. The molecule has 126 valence electrons. The van der Waals surface area contributed by atoms with Crippen molar-refractivity contribution in [2.24, 2.45) is 0 Å². The highest BCUT2D eigenvalue weighted by Gasteiger charge is 2.24. The van der Waals surface area contributed by atoms with Crippen LogP contribution in [0.5, 0.6) is 0 Å². The number of rotatable bonds is 5. The van der Waals surface area contributed by atoms with Crippen LogP contribution in [-0.2, 0) is 0 Å². The summed E-state index contributed by atoms with van der Waals surface area (Å²) in [6.07, 6.45) is 0. The summed E-state index contributed by atoms with van der Waals surface area (Å²) >= 11 is 14.9. The highest BCUT2D eigenvalue weighted by molar-refractivity contribution is 7.22. The van der Waals surface area contributed by atoms with Crippen LogP contribution in [0, 0.1) is 0 Å². The maximum absolute atomic E-state index is 13.0. The molecule has 1 amide bonds. The molecule has 0 unspecified atom stereocenters. The normalized spacial score (nSPS) is 11.4. The van der Waals surface area contributed by atoms with E-state index in [1.165, 1.54) is 22.7 Å². The number of carbonyl (C=O) groups is 1. The third-order valence-electron chi connectivity index (χ3n) is 3.42. The summed E-state index contributed by atoms with van der Waals surface area (Å²) in [5, 5.41) is 0.668. The lowest BCUT2D eigenvalue weighted by Gasteiger charge is -2.21. The average molecular weight is 400 g/mol. The first-order valence-corrected chi connectivity index (χ1v) is 9.61. The van der Waals surface area contributed by atoms with Crippen molar-refractivity contribution in [3.05, 3.63) is 44.6 Å². The smallest absolute Gasteiger partial charge is 0.262 e. The minimum absolute atomic E-state index is 0.177. The van der Waals surface area contributed by atoms with E-state index in [-0.39, 0.29) is 5.91 Å². The molecule has 8 heteroatoms. The van der Waals surface area contributed by atoms with Crippen molar-refractivity contribution in [3.63, 3.8) is 0 Å². The van der Waals surface area contributed by atoms with Gasteiger partial charge < -0.3 is 4.90 Å². The minimum Gasteiger partial charge on any atom is -0.308 e. The Balaban J connectivity index is 1.99. The Morgan fingerprint density at radius 3 is 2.54 bits per heavy atom. The standard InChI is InChI=1S/C16H15Cl2N3OS2/c1-20(2)7-8-21(15(22)10-9-13(17)24-14(10)18)16-19-11-5-3-4-6-12(11)23-16/h3-6,9H,7-8H2,1-2H3. The lowest BCUT2D eigenvalue weighted by atomic mass is 10.3. The predicted molar refractivity (Wildman–Crippen MR) is 104 cm³/mol. The second-order valence-corrected chi connectivity index (χ2v) is 8.76. The van der Waals surface area contributed by atoms with Crippen LogP contribution in [0.1, 0.15) is 10.4 Å². The van der Waals surface area contributed by atoms with E-state index in [1.54, 1.807) is 11.0 Å². The molecule has 3 rings (SSSR count). The van der Waals surface area contributed by atoms with E-state index in [9.17, 15) is 4.79 Å². The van der Waals surface area contributed by atoms with Gasteiger partial charge in [0, 0.05) is 13.1 Å². The summed E-state index contributed by atoms with van der Waals surface area (Å²) in [7, 11) is 3.94. The van der Waals surface area contributed by atoms with Gasteiger partial charge in [0.15, 0.2) is 5.13 Å². The number of fused-ring (bicyclic) bond motifs is 1. The van der Waals surface area contributed by atoms with Crippen molar-refractivity contribution in [2.45, 2.75) is 0 Å². The average Bonchev–Trinajstić information content (AvgIpc) is 3.09. The van der Waals surface area contributed by atoms with Gasteiger partial charge in [-0.15, -0.1) is 11.3 Å². The third kappa shape index (κ3) is 3.73. The van der Waals surface area contributed by atoms with Gasteiger partial charge in [0.25, 0.3) is 5.91 Å². The Morgan fingerprint density at radius 2 is 1.92 bits per heavy atom. The van der Waals surface area contributed by atoms with E-state index in [0.29, 0.717) is 25.9 Å². The molecule has 0 N–H and O–H groups in total. The lowest BCUT2D eigenvalue weighted by Crippen LogP contribution is -2.36. The first-order valence-electron chi connectivity index (χ1n) is 7.22. The van der Waals surface area contributed by atoms with Crippen LogP contribution < -0.4 is 4.90 Å². The zero-order chi connectivity index (χ0) is 17.3. The van der Waals surface area contributed by atoms with Crippen molar-refractivity contribution in [1.82, 2.24) is 9.88 Å². The van der Waals surface area contributed by atoms with Crippen LogP contribution in [0.4, 0.5) is 5.13 Å². The fraction of sp³-hybridized carbons (Fsp3) is 0.250. The molecular formula is C16H15Cl2N3OS2. The Kier molecular flexibility index (Phi) is 5.42. The van der Waals surface area contributed by atoms with E-state index in [1.807, 2.05) is 43.3 Å². The molecule has 1 aromatic carbocycles.